The predicted molar refractivity (Wildman–Crippen MR) is 96.1 cm³/mol. The Bertz CT molecular complexity index is 725. The number of hydrogen-bond donors (Lipinski definition) is 0. The molecule has 126 valence electrons. The molecule has 25 heavy (non-hydrogen) atoms. The Morgan fingerprint density at radius 1 is 0.720 bits per heavy atom. The van der Waals surface area contributed by atoms with Crippen LogP contribution < -0.4 is 0 Å². The molecule has 0 saturated carbocycles. The van der Waals surface area contributed by atoms with Crippen LogP contribution in [-0.2, 0) is 27.1 Å². The second kappa shape index (κ2) is 6.79. The van der Waals surface area contributed by atoms with Gasteiger partial charge < -0.3 is 9.47 Å². The van der Waals surface area contributed by atoms with E-state index in [-0.39, 0.29) is 18.0 Å². The van der Waals surface area contributed by atoms with Crippen LogP contribution in [0.25, 0.3) is 0 Å². The summed E-state index contributed by atoms with van der Waals surface area (Å²) in [7, 11) is 0. The van der Waals surface area contributed by atoms with Crippen LogP contribution in [0.2, 0.25) is 0 Å². The molecule has 1 fully saturated rings. The quantitative estimate of drug-likeness (QED) is 0.857. The molecule has 2 aromatic rings. The van der Waals surface area contributed by atoms with Gasteiger partial charge in [-0.25, -0.2) is 0 Å². The van der Waals surface area contributed by atoms with E-state index in [1.807, 2.05) is 36.4 Å². The van der Waals surface area contributed by atoms with Crippen LogP contribution in [-0.4, -0.2) is 23.8 Å². The number of ether oxygens (including phenoxy) is 2. The molecule has 0 aromatic heterocycles. The first-order valence-electron chi connectivity index (χ1n) is 8.58. The van der Waals surface area contributed by atoms with Crippen LogP contribution >= 0.6 is 0 Å². The average molecular weight is 332 g/mol. The maximum absolute atomic E-state index is 11.5. The standard InChI is InChI=1S/C22H20O3/c23-19-11-13-22(14-12-19)24-20(15-17-7-3-1-4-8-17)21(25-22)16-18-9-5-2-6-10-18/h1-14,20-21H,15-16H2/t20-,21-/m1/s1. The highest BCUT2D eigenvalue weighted by atomic mass is 16.8. The van der Waals surface area contributed by atoms with Crippen molar-refractivity contribution >= 4 is 5.78 Å². The molecule has 0 amide bonds. The fourth-order valence-electron chi connectivity index (χ4n) is 3.36. The topological polar surface area (TPSA) is 35.5 Å². The number of ketones is 1. The molecular weight excluding hydrogens is 312 g/mol. The van der Waals surface area contributed by atoms with E-state index >= 15 is 0 Å². The molecule has 1 heterocycles. The number of carbonyl (C=O) groups is 1. The van der Waals surface area contributed by atoms with E-state index in [1.165, 1.54) is 23.3 Å². The summed E-state index contributed by atoms with van der Waals surface area (Å²) >= 11 is 0. The van der Waals surface area contributed by atoms with Gasteiger partial charge in [0.15, 0.2) is 5.78 Å². The molecule has 1 aliphatic carbocycles. The summed E-state index contributed by atoms with van der Waals surface area (Å²) in [4.78, 5) is 11.5. The van der Waals surface area contributed by atoms with Crippen LogP contribution in [0.1, 0.15) is 11.1 Å². The van der Waals surface area contributed by atoms with Crippen molar-refractivity contribution in [2.24, 2.45) is 0 Å². The first kappa shape index (κ1) is 16.0. The smallest absolute Gasteiger partial charge is 0.209 e. The number of benzene rings is 2. The zero-order valence-corrected chi connectivity index (χ0v) is 13.9. The highest BCUT2D eigenvalue weighted by Crippen LogP contribution is 2.36. The third kappa shape index (κ3) is 3.63. The van der Waals surface area contributed by atoms with Gasteiger partial charge in [-0.3, -0.25) is 4.79 Å². The fraction of sp³-hybridized carbons (Fsp3) is 0.227. The fourth-order valence-corrected chi connectivity index (χ4v) is 3.36. The SMILES string of the molecule is O=C1C=CC2(C=C1)O[C@H](Cc1ccccc1)[C@@H](Cc1ccccc1)O2. The minimum Gasteiger partial charge on any atom is -0.337 e. The first-order chi connectivity index (χ1) is 12.2. The lowest BCUT2D eigenvalue weighted by atomic mass is 9.99. The molecule has 2 aromatic carbocycles. The van der Waals surface area contributed by atoms with Crippen LogP contribution in [0.5, 0.6) is 0 Å². The van der Waals surface area contributed by atoms with Crippen molar-refractivity contribution in [3.8, 4) is 0 Å². The van der Waals surface area contributed by atoms with Crippen molar-refractivity contribution in [3.05, 3.63) is 96.1 Å². The van der Waals surface area contributed by atoms with Crippen LogP contribution in [0.4, 0.5) is 0 Å². The van der Waals surface area contributed by atoms with Gasteiger partial charge in [-0.1, -0.05) is 60.7 Å². The molecule has 3 nitrogen and oxygen atoms in total. The zero-order chi connectivity index (χ0) is 17.1. The van der Waals surface area contributed by atoms with Crippen LogP contribution in [0.15, 0.2) is 85.0 Å². The lowest BCUT2D eigenvalue weighted by molar-refractivity contribution is -0.115. The van der Waals surface area contributed by atoms with Crippen molar-refractivity contribution in [1.29, 1.82) is 0 Å². The monoisotopic (exact) mass is 332 g/mol. The molecule has 0 radical (unpaired) electrons. The van der Waals surface area contributed by atoms with Gasteiger partial charge in [-0.2, -0.15) is 0 Å². The lowest BCUT2D eigenvalue weighted by Crippen LogP contribution is -2.28. The summed E-state index contributed by atoms with van der Waals surface area (Å²) in [6.07, 6.45) is 7.87. The molecule has 0 N–H and O–H groups in total. The highest BCUT2D eigenvalue weighted by molar-refractivity contribution is 6.00. The number of carbonyl (C=O) groups excluding carboxylic acids is 1. The van der Waals surface area contributed by atoms with Crippen molar-refractivity contribution in [3.63, 3.8) is 0 Å². The molecular formula is C22H20O3. The summed E-state index contributed by atoms with van der Waals surface area (Å²) < 4.78 is 12.6. The van der Waals surface area contributed by atoms with Gasteiger partial charge in [0.1, 0.15) is 0 Å². The first-order valence-corrected chi connectivity index (χ1v) is 8.58. The van der Waals surface area contributed by atoms with E-state index in [0.717, 1.165) is 12.8 Å². The maximum Gasteiger partial charge on any atom is 0.209 e. The van der Waals surface area contributed by atoms with E-state index in [1.54, 1.807) is 12.2 Å². The highest BCUT2D eigenvalue weighted by Gasteiger charge is 2.45. The summed E-state index contributed by atoms with van der Waals surface area (Å²) in [6, 6.07) is 20.6. The summed E-state index contributed by atoms with van der Waals surface area (Å²) in [5, 5.41) is 0. The Labute approximate surface area is 147 Å². The molecule has 1 saturated heterocycles. The minimum absolute atomic E-state index is 0.0380. The molecule has 0 unspecified atom stereocenters. The second-order valence-electron chi connectivity index (χ2n) is 6.48. The van der Waals surface area contributed by atoms with Crippen molar-refractivity contribution < 1.29 is 14.3 Å². The van der Waals surface area contributed by atoms with E-state index in [4.69, 9.17) is 9.47 Å². The van der Waals surface area contributed by atoms with E-state index in [2.05, 4.69) is 24.3 Å². The Kier molecular flexibility index (Phi) is 4.35. The Balaban J connectivity index is 1.58. The van der Waals surface area contributed by atoms with Crippen molar-refractivity contribution in [1.82, 2.24) is 0 Å². The Hall–Kier alpha value is -2.49. The molecule has 2 aliphatic rings. The Morgan fingerprint density at radius 2 is 1.16 bits per heavy atom. The van der Waals surface area contributed by atoms with Gasteiger partial charge in [0.25, 0.3) is 0 Å². The third-order valence-electron chi connectivity index (χ3n) is 4.61. The number of allylic oxidation sites excluding steroid dienone is 2. The minimum atomic E-state index is -0.924. The lowest BCUT2D eigenvalue weighted by Gasteiger charge is -2.22. The molecule has 2 atom stereocenters. The molecule has 0 bridgehead atoms. The zero-order valence-electron chi connectivity index (χ0n) is 13.9. The molecule has 1 spiro atoms. The number of hydrogen-bond acceptors (Lipinski definition) is 3. The van der Waals surface area contributed by atoms with Gasteiger partial charge in [-0.15, -0.1) is 0 Å². The molecule has 1 aliphatic heterocycles. The van der Waals surface area contributed by atoms with E-state index < -0.39 is 5.79 Å². The normalized spacial score (nSPS) is 24.1. The average Bonchev–Trinajstić information content (AvgIpc) is 2.96. The number of rotatable bonds is 4. The largest absolute Gasteiger partial charge is 0.337 e. The summed E-state index contributed by atoms with van der Waals surface area (Å²) in [5.74, 6) is -0.962. The van der Waals surface area contributed by atoms with Crippen molar-refractivity contribution in [2.75, 3.05) is 0 Å². The van der Waals surface area contributed by atoms with Gasteiger partial charge >= 0.3 is 0 Å². The summed E-state index contributed by atoms with van der Waals surface area (Å²) in [6.45, 7) is 0. The van der Waals surface area contributed by atoms with Gasteiger partial charge in [0.2, 0.25) is 5.79 Å². The Morgan fingerprint density at radius 3 is 1.60 bits per heavy atom. The second-order valence-corrected chi connectivity index (χ2v) is 6.48. The van der Waals surface area contributed by atoms with Crippen LogP contribution in [0, 0.1) is 0 Å². The van der Waals surface area contributed by atoms with Crippen molar-refractivity contribution in [2.45, 2.75) is 30.8 Å². The third-order valence-corrected chi connectivity index (χ3v) is 4.61. The van der Waals surface area contributed by atoms with Gasteiger partial charge in [0.05, 0.1) is 12.2 Å². The molecule has 4 rings (SSSR count). The van der Waals surface area contributed by atoms with Crippen LogP contribution in [0.3, 0.4) is 0 Å². The summed E-state index contributed by atoms with van der Waals surface area (Å²) in [5.41, 5.74) is 2.43. The molecule has 3 heteroatoms. The van der Waals surface area contributed by atoms with E-state index in [9.17, 15) is 4.79 Å². The van der Waals surface area contributed by atoms with E-state index in [0.29, 0.717) is 0 Å². The predicted octanol–water partition coefficient (Wildman–Crippen LogP) is 3.65. The van der Waals surface area contributed by atoms with Gasteiger partial charge in [0, 0.05) is 12.8 Å². The van der Waals surface area contributed by atoms with Gasteiger partial charge in [-0.05, 0) is 35.4 Å². The maximum atomic E-state index is 11.5.